The Balaban J connectivity index is 2.02. The molecule has 1 aliphatic rings. The predicted molar refractivity (Wildman–Crippen MR) is 82.7 cm³/mol. The van der Waals surface area contributed by atoms with E-state index in [9.17, 15) is 9.59 Å². The number of aliphatic carboxylic acids is 1. The fourth-order valence-electron chi connectivity index (χ4n) is 2.88. The van der Waals surface area contributed by atoms with Crippen molar-refractivity contribution in [1.82, 2.24) is 5.32 Å². The summed E-state index contributed by atoms with van der Waals surface area (Å²) in [6.45, 7) is 3.04. The molecule has 2 rings (SSSR count). The van der Waals surface area contributed by atoms with Crippen LogP contribution >= 0.6 is 0 Å². The Bertz CT molecular complexity index is 535. The van der Waals surface area contributed by atoms with E-state index in [1.807, 2.05) is 24.3 Å². The summed E-state index contributed by atoms with van der Waals surface area (Å²) in [5.41, 5.74) is 1.47. The molecule has 22 heavy (non-hydrogen) atoms. The standard InChI is InChI=1S/C17H23NO4/c1-2-13-4-3-5-14(10-13)11-15(19)18-17(12-16(20)21)6-8-22-9-7-17/h3-5,10H,2,6-9,11-12H2,1H3,(H,18,19)(H,20,21). The molecule has 5 nitrogen and oxygen atoms in total. The van der Waals surface area contributed by atoms with Crippen LogP contribution in [0.4, 0.5) is 0 Å². The van der Waals surface area contributed by atoms with Gasteiger partial charge in [-0.05, 0) is 30.4 Å². The van der Waals surface area contributed by atoms with E-state index in [-0.39, 0.29) is 18.7 Å². The summed E-state index contributed by atoms with van der Waals surface area (Å²) in [4.78, 5) is 23.4. The fourth-order valence-corrected chi connectivity index (χ4v) is 2.88. The number of rotatable bonds is 6. The van der Waals surface area contributed by atoms with Crippen LogP contribution in [0, 0.1) is 0 Å². The molecule has 2 N–H and O–H groups in total. The van der Waals surface area contributed by atoms with Crippen LogP contribution in [-0.4, -0.2) is 35.7 Å². The molecule has 0 unspecified atom stereocenters. The van der Waals surface area contributed by atoms with E-state index in [1.165, 1.54) is 5.56 Å². The number of carboxylic acid groups (broad SMARTS) is 1. The Morgan fingerprint density at radius 2 is 1.95 bits per heavy atom. The second-order valence-electron chi connectivity index (χ2n) is 5.86. The van der Waals surface area contributed by atoms with Gasteiger partial charge in [-0.15, -0.1) is 0 Å². The highest BCUT2D eigenvalue weighted by Gasteiger charge is 2.36. The molecule has 5 heteroatoms. The van der Waals surface area contributed by atoms with Gasteiger partial charge in [0, 0.05) is 13.2 Å². The minimum absolute atomic E-state index is 0.0584. The van der Waals surface area contributed by atoms with Crippen molar-refractivity contribution in [3.63, 3.8) is 0 Å². The number of aryl methyl sites for hydroxylation is 1. The Hall–Kier alpha value is -1.88. The number of hydrogen-bond acceptors (Lipinski definition) is 3. The van der Waals surface area contributed by atoms with E-state index in [0.29, 0.717) is 26.1 Å². The Morgan fingerprint density at radius 3 is 2.59 bits per heavy atom. The fraction of sp³-hybridized carbons (Fsp3) is 0.529. The Morgan fingerprint density at radius 1 is 1.27 bits per heavy atom. The molecule has 1 aromatic carbocycles. The van der Waals surface area contributed by atoms with Crippen LogP contribution in [0.2, 0.25) is 0 Å². The average Bonchev–Trinajstić information content (AvgIpc) is 2.47. The zero-order chi connectivity index (χ0) is 16.0. The molecule has 1 saturated heterocycles. The van der Waals surface area contributed by atoms with Crippen LogP contribution in [-0.2, 0) is 27.2 Å². The maximum atomic E-state index is 12.3. The van der Waals surface area contributed by atoms with Crippen molar-refractivity contribution in [2.24, 2.45) is 0 Å². The van der Waals surface area contributed by atoms with Crippen LogP contribution in [0.5, 0.6) is 0 Å². The first kappa shape index (κ1) is 16.5. The maximum Gasteiger partial charge on any atom is 0.305 e. The number of carboxylic acids is 1. The largest absolute Gasteiger partial charge is 0.481 e. The normalized spacial score (nSPS) is 17.0. The van der Waals surface area contributed by atoms with Crippen LogP contribution in [0.3, 0.4) is 0 Å². The number of nitrogens with one attached hydrogen (secondary N) is 1. The van der Waals surface area contributed by atoms with Gasteiger partial charge in [0.05, 0.1) is 18.4 Å². The molecule has 1 aromatic rings. The highest BCUT2D eigenvalue weighted by atomic mass is 16.5. The average molecular weight is 305 g/mol. The number of hydrogen-bond donors (Lipinski definition) is 2. The molecule has 0 saturated carbocycles. The maximum absolute atomic E-state index is 12.3. The van der Waals surface area contributed by atoms with Crippen LogP contribution in [0.15, 0.2) is 24.3 Å². The summed E-state index contributed by atoms with van der Waals surface area (Å²) in [7, 11) is 0. The first-order valence-corrected chi connectivity index (χ1v) is 7.71. The molecule has 0 bridgehead atoms. The van der Waals surface area contributed by atoms with Gasteiger partial charge in [0.1, 0.15) is 0 Å². The molecule has 1 fully saturated rings. The minimum atomic E-state index is -0.893. The smallest absolute Gasteiger partial charge is 0.305 e. The minimum Gasteiger partial charge on any atom is -0.481 e. The Labute approximate surface area is 130 Å². The van der Waals surface area contributed by atoms with Crippen molar-refractivity contribution in [3.05, 3.63) is 35.4 Å². The molecule has 0 aromatic heterocycles. The zero-order valence-corrected chi connectivity index (χ0v) is 12.9. The van der Waals surface area contributed by atoms with E-state index in [0.717, 1.165) is 12.0 Å². The summed E-state index contributed by atoms with van der Waals surface area (Å²) < 4.78 is 5.29. The lowest BCUT2D eigenvalue weighted by Crippen LogP contribution is -2.53. The molecule has 1 aliphatic heterocycles. The SMILES string of the molecule is CCc1cccc(CC(=O)NC2(CC(=O)O)CCOCC2)c1. The quantitative estimate of drug-likeness (QED) is 0.842. The van der Waals surface area contributed by atoms with Crippen molar-refractivity contribution < 1.29 is 19.4 Å². The lowest BCUT2D eigenvalue weighted by atomic mass is 9.86. The summed E-state index contributed by atoms with van der Waals surface area (Å²) in [6, 6.07) is 7.93. The lowest BCUT2D eigenvalue weighted by molar-refractivity contribution is -0.140. The summed E-state index contributed by atoms with van der Waals surface area (Å²) in [5.74, 6) is -1.02. The van der Waals surface area contributed by atoms with Crippen molar-refractivity contribution >= 4 is 11.9 Å². The first-order valence-electron chi connectivity index (χ1n) is 7.71. The molecule has 1 heterocycles. The third-order valence-electron chi connectivity index (χ3n) is 4.11. The van der Waals surface area contributed by atoms with Gasteiger partial charge < -0.3 is 15.2 Å². The number of benzene rings is 1. The number of ether oxygens (including phenoxy) is 1. The van der Waals surface area contributed by atoms with Crippen LogP contribution in [0.1, 0.15) is 37.3 Å². The van der Waals surface area contributed by atoms with Gasteiger partial charge in [0.15, 0.2) is 0 Å². The lowest BCUT2D eigenvalue weighted by Gasteiger charge is -2.36. The molecule has 0 atom stereocenters. The monoisotopic (exact) mass is 305 g/mol. The van der Waals surface area contributed by atoms with Gasteiger partial charge in [-0.3, -0.25) is 9.59 Å². The van der Waals surface area contributed by atoms with Crippen molar-refractivity contribution in [2.75, 3.05) is 13.2 Å². The predicted octanol–water partition coefficient (Wildman–Crippen LogP) is 1.93. The molecule has 120 valence electrons. The molecular formula is C17H23NO4. The van der Waals surface area contributed by atoms with E-state index in [4.69, 9.17) is 9.84 Å². The van der Waals surface area contributed by atoms with Gasteiger partial charge in [-0.25, -0.2) is 0 Å². The second kappa shape index (κ2) is 7.40. The highest BCUT2D eigenvalue weighted by Crippen LogP contribution is 2.25. The van der Waals surface area contributed by atoms with E-state index in [2.05, 4.69) is 12.2 Å². The molecule has 1 amide bonds. The number of carbonyl (C=O) groups excluding carboxylic acids is 1. The first-order chi connectivity index (χ1) is 10.5. The van der Waals surface area contributed by atoms with Gasteiger partial charge >= 0.3 is 5.97 Å². The van der Waals surface area contributed by atoms with Crippen molar-refractivity contribution in [1.29, 1.82) is 0 Å². The summed E-state index contributed by atoms with van der Waals surface area (Å²) >= 11 is 0. The molecule has 0 aliphatic carbocycles. The molecule has 0 radical (unpaired) electrons. The highest BCUT2D eigenvalue weighted by molar-refractivity contribution is 5.80. The Kier molecular flexibility index (Phi) is 5.55. The van der Waals surface area contributed by atoms with Gasteiger partial charge in [-0.2, -0.15) is 0 Å². The van der Waals surface area contributed by atoms with E-state index >= 15 is 0 Å². The van der Waals surface area contributed by atoms with E-state index in [1.54, 1.807) is 0 Å². The summed E-state index contributed by atoms with van der Waals surface area (Å²) in [5, 5.41) is 12.1. The zero-order valence-electron chi connectivity index (χ0n) is 12.9. The van der Waals surface area contributed by atoms with Gasteiger partial charge in [-0.1, -0.05) is 31.2 Å². The second-order valence-corrected chi connectivity index (χ2v) is 5.86. The van der Waals surface area contributed by atoms with Crippen LogP contribution < -0.4 is 5.32 Å². The third kappa shape index (κ3) is 4.56. The van der Waals surface area contributed by atoms with Gasteiger partial charge in [0.2, 0.25) is 5.91 Å². The topological polar surface area (TPSA) is 75.6 Å². The third-order valence-corrected chi connectivity index (χ3v) is 4.11. The van der Waals surface area contributed by atoms with Crippen molar-refractivity contribution in [3.8, 4) is 0 Å². The molecule has 0 spiro atoms. The van der Waals surface area contributed by atoms with E-state index < -0.39 is 11.5 Å². The van der Waals surface area contributed by atoms with Crippen LogP contribution in [0.25, 0.3) is 0 Å². The summed E-state index contributed by atoms with van der Waals surface area (Å²) in [6.07, 6.45) is 2.23. The number of amides is 1. The number of carbonyl (C=O) groups is 2. The molecular weight excluding hydrogens is 282 g/mol. The van der Waals surface area contributed by atoms with Crippen molar-refractivity contribution in [2.45, 2.75) is 44.6 Å². The van der Waals surface area contributed by atoms with Gasteiger partial charge in [0.25, 0.3) is 0 Å².